The quantitative estimate of drug-likeness (QED) is 0.536. The molecule has 1 amide bonds. The van der Waals surface area contributed by atoms with E-state index >= 15 is 0 Å². The zero-order chi connectivity index (χ0) is 24.2. The summed E-state index contributed by atoms with van der Waals surface area (Å²) in [5.41, 5.74) is 3.51. The lowest BCUT2D eigenvalue weighted by molar-refractivity contribution is -0.0563. The van der Waals surface area contributed by atoms with Gasteiger partial charge >= 0.3 is 6.09 Å². The smallest absolute Gasteiger partial charge is 0.410 e. The highest BCUT2D eigenvalue weighted by Crippen LogP contribution is 2.49. The van der Waals surface area contributed by atoms with Crippen LogP contribution in [0.15, 0.2) is 66.7 Å². The third-order valence-electron chi connectivity index (χ3n) is 7.97. The van der Waals surface area contributed by atoms with E-state index in [4.69, 9.17) is 9.47 Å². The highest BCUT2D eigenvalue weighted by atomic mass is 19.1. The number of hydrogen-bond donors (Lipinski definition) is 1. The number of aliphatic hydroxyl groups is 1. The fourth-order valence-corrected chi connectivity index (χ4v) is 6.52. The maximum atomic E-state index is 14.8. The molecule has 2 heterocycles. The van der Waals surface area contributed by atoms with Gasteiger partial charge in [-0.05, 0) is 47.2 Å². The summed E-state index contributed by atoms with van der Waals surface area (Å²) in [5, 5.41) is 11.5. The Morgan fingerprint density at radius 1 is 0.971 bits per heavy atom. The second-order valence-corrected chi connectivity index (χ2v) is 9.85. The van der Waals surface area contributed by atoms with Crippen LogP contribution >= 0.6 is 0 Å². The molecule has 2 fully saturated rings. The molecule has 0 radical (unpaired) electrons. The lowest BCUT2D eigenvalue weighted by Gasteiger charge is -2.43. The number of rotatable bonds is 4. The Hall–Kier alpha value is -3.38. The molecule has 3 aliphatic rings. The van der Waals surface area contributed by atoms with Crippen molar-refractivity contribution in [3.8, 4) is 16.9 Å². The number of hydrogen-bond acceptors (Lipinski definition) is 4. The third-order valence-corrected chi connectivity index (χ3v) is 7.97. The lowest BCUT2D eigenvalue weighted by Crippen LogP contribution is -2.52. The van der Waals surface area contributed by atoms with Crippen LogP contribution in [0.5, 0.6) is 5.75 Å². The molecule has 3 aromatic carbocycles. The van der Waals surface area contributed by atoms with Crippen LogP contribution < -0.4 is 4.74 Å². The summed E-state index contributed by atoms with van der Waals surface area (Å²) in [6.45, 7) is 0.258. The molecule has 6 rings (SSSR count). The van der Waals surface area contributed by atoms with E-state index in [9.17, 15) is 14.3 Å². The fraction of sp³-hybridized carbons (Fsp3) is 0.345. The van der Waals surface area contributed by atoms with E-state index in [1.165, 1.54) is 35.4 Å². The molecule has 0 saturated carbocycles. The molecule has 2 atom stereocenters. The summed E-state index contributed by atoms with van der Waals surface area (Å²) in [4.78, 5) is 15.1. The van der Waals surface area contributed by atoms with Crippen molar-refractivity contribution in [1.82, 2.24) is 4.90 Å². The summed E-state index contributed by atoms with van der Waals surface area (Å²) >= 11 is 0. The number of nitrogens with zero attached hydrogens (tertiary/aromatic N) is 1. The molecule has 180 valence electrons. The summed E-state index contributed by atoms with van der Waals surface area (Å²) < 4.78 is 26.1. The van der Waals surface area contributed by atoms with Crippen molar-refractivity contribution in [3.05, 3.63) is 89.2 Å². The number of fused-ring (bicyclic) bond motifs is 5. The summed E-state index contributed by atoms with van der Waals surface area (Å²) in [5.74, 6) is -0.157. The zero-order valence-electron chi connectivity index (χ0n) is 19.6. The first kappa shape index (κ1) is 22.1. The van der Waals surface area contributed by atoms with Gasteiger partial charge in [-0.25, -0.2) is 9.18 Å². The van der Waals surface area contributed by atoms with Crippen molar-refractivity contribution in [2.75, 3.05) is 13.7 Å². The number of amides is 1. The second kappa shape index (κ2) is 8.38. The average Bonchev–Trinajstić information content (AvgIpc) is 3.34. The van der Waals surface area contributed by atoms with Crippen LogP contribution in [-0.4, -0.2) is 41.9 Å². The number of methoxy groups -OCH3 is 1. The normalized spacial score (nSPS) is 24.7. The molecular formula is C29H28FNO4. The third kappa shape index (κ3) is 3.50. The van der Waals surface area contributed by atoms with E-state index in [2.05, 4.69) is 24.3 Å². The molecule has 0 spiro atoms. The van der Waals surface area contributed by atoms with Gasteiger partial charge in [-0.2, -0.15) is 0 Å². The predicted octanol–water partition coefficient (Wildman–Crippen LogP) is 5.60. The number of ether oxygens (including phenoxy) is 2. The van der Waals surface area contributed by atoms with Crippen molar-refractivity contribution in [2.24, 2.45) is 0 Å². The number of piperidine rings is 1. The Bertz CT molecular complexity index is 1230. The molecule has 5 nitrogen and oxygen atoms in total. The van der Waals surface area contributed by atoms with Crippen LogP contribution in [0.2, 0.25) is 0 Å². The number of carbonyl (C=O) groups excluding carboxylic acids is 1. The molecule has 2 saturated heterocycles. The van der Waals surface area contributed by atoms with E-state index in [-0.39, 0.29) is 49.1 Å². The van der Waals surface area contributed by atoms with E-state index in [0.717, 1.165) is 12.8 Å². The van der Waals surface area contributed by atoms with Gasteiger partial charge in [0, 0.05) is 30.8 Å². The van der Waals surface area contributed by atoms with Crippen molar-refractivity contribution in [1.29, 1.82) is 0 Å². The molecule has 2 aliphatic heterocycles. The number of carbonyl (C=O) groups is 1. The first-order chi connectivity index (χ1) is 17.0. The summed E-state index contributed by atoms with van der Waals surface area (Å²) in [7, 11) is 1.47. The van der Waals surface area contributed by atoms with Gasteiger partial charge in [0.25, 0.3) is 0 Å². The molecule has 35 heavy (non-hydrogen) atoms. The van der Waals surface area contributed by atoms with Gasteiger partial charge in [0.05, 0.1) is 12.7 Å². The predicted molar refractivity (Wildman–Crippen MR) is 130 cm³/mol. The Balaban J connectivity index is 1.20. The minimum atomic E-state index is -1.39. The Kier molecular flexibility index (Phi) is 5.29. The maximum absolute atomic E-state index is 14.8. The van der Waals surface area contributed by atoms with Crippen molar-refractivity contribution in [3.63, 3.8) is 0 Å². The molecule has 3 aromatic rings. The van der Waals surface area contributed by atoms with Crippen LogP contribution in [0.1, 0.15) is 48.3 Å². The van der Waals surface area contributed by atoms with Crippen LogP contribution in [0.3, 0.4) is 0 Å². The standard InChI is InChI=1S/C29H28FNO4/c1-34-26-12-6-11-25(30)27(26)29(33)15-18-13-14-19(16-29)31(18)28(32)35-17-24-22-9-4-2-7-20(22)21-8-3-5-10-23(21)24/h2-12,18-19,24,33H,13-17H2,1H3. The molecule has 0 aromatic heterocycles. The zero-order valence-corrected chi connectivity index (χ0v) is 19.6. The topological polar surface area (TPSA) is 59.0 Å². The van der Waals surface area contributed by atoms with Crippen molar-refractivity contribution < 1.29 is 23.8 Å². The average molecular weight is 474 g/mol. The maximum Gasteiger partial charge on any atom is 0.410 e. The van der Waals surface area contributed by atoms with E-state index < -0.39 is 11.4 Å². The van der Waals surface area contributed by atoms with Gasteiger partial charge in [0.15, 0.2) is 0 Å². The molecule has 1 N–H and O–H groups in total. The van der Waals surface area contributed by atoms with Gasteiger partial charge in [0.1, 0.15) is 23.8 Å². The first-order valence-electron chi connectivity index (χ1n) is 12.2. The second-order valence-electron chi connectivity index (χ2n) is 9.85. The lowest BCUT2D eigenvalue weighted by atomic mass is 9.80. The highest BCUT2D eigenvalue weighted by molar-refractivity contribution is 5.79. The van der Waals surface area contributed by atoms with Gasteiger partial charge in [-0.1, -0.05) is 54.6 Å². The molecule has 1 aliphatic carbocycles. The molecule has 2 bridgehead atoms. The molecule has 6 heteroatoms. The fourth-order valence-electron chi connectivity index (χ4n) is 6.52. The minimum Gasteiger partial charge on any atom is -0.496 e. The van der Waals surface area contributed by atoms with Crippen LogP contribution in [0.25, 0.3) is 11.1 Å². The van der Waals surface area contributed by atoms with Crippen LogP contribution in [0, 0.1) is 5.82 Å². The van der Waals surface area contributed by atoms with Crippen molar-refractivity contribution in [2.45, 2.75) is 49.3 Å². The van der Waals surface area contributed by atoms with E-state index in [1.807, 2.05) is 24.3 Å². The van der Waals surface area contributed by atoms with Crippen LogP contribution in [-0.2, 0) is 10.3 Å². The van der Waals surface area contributed by atoms with Gasteiger partial charge < -0.3 is 19.5 Å². The van der Waals surface area contributed by atoms with Crippen molar-refractivity contribution >= 4 is 6.09 Å². The number of benzene rings is 3. The van der Waals surface area contributed by atoms with Gasteiger partial charge in [-0.3, -0.25) is 0 Å². The molecule has 2 unspecified atom stereocenters. The largest absolute Gasteiger partial charge is 0.496 e. The summed E-state index contributed by atoms with van der Waals surface area (Å²) in [6.07, 6.45) is 1.67. The van der Waals surface area contributed by atoms with E-state index in [1.54, 1.807) is 17.0 Å². The highest BCUT2D eigenvalue weighted by Gasteiger charge is 2.52. The van der Waals surface area contributed by atoms with E-state index in [0.29, 0.717) is 5.75 Å². The Labute approximate surface area is 204 Å². The van der Waals surface area contributed by atoms with Crippen LogP contribution in [0.4, 0.5) is 9.18 Å². The summed E-state index contributed by atoms with van der Waals surface area (Å²) in [6, 6.07) is 20.7. The number of halogens is 1. The molecular weight excluding hydrogens is 445 g/mol. The SMILES string of the molecule is COc1cccc(F)c1C1(O)CC2CCC(C1)N2C(=O)OCC1c2ccccc2-c2ccccc21. The van der Waals surface area contributed by atoms with Gasteiger partial charge in [0.2, 0.25) is 0 Å². The van der Waals surface area contributed by atoms with Gasteiger partial charge in [-0.15, -0.1) is 0 Å². The minimum absolute atomic E-state index is 0.00611. The Morgan fingerprint density at radius 2 is 1.57 bits per heavy atom. The first-order valence-corrected chi connectivity index (χ1v) is 12.2. The monoisotopic (exact) mass is 473 g/mol. The Morgan fingerprint density at radius 3 is 2.17 bits per heavy atom.